The minimum atomic E-state index is -0.441. The highest BCUT2D eigenvalue weighted by Gasteiger charge is 2.19. The molecule has 0 saturated carbocycles. The molecule has 0 radical (unpaired) electrons. The highest BCUT2D eigenvalue weighted by atomic mass is 16.2. The summed E-state index contributed by atoms with van der Waals surface area (Å²) in [6.07, 6.45) is 3.19. The molecular weight excluding hydrogens is 168 g/mol. The molecule has 0 bridgehead atoms. The van der Waals surface area contributed by atoms with Gasteiger partial charge in [-0.2, -0.15) is 0 Å². The lowest BCUT2D eigenvalue weighted by molar-refractivity contribution is -0.131. The minimum absolute atomic E-state index is 0.425. The van der Waals surface area contributed by atoms with Crippen LogP contribution in [0.3, 0.4) is 0 Å². The number of nitrogens with two attached hydrogens (primary N) is 1. The fraction of sp³-hybridized carbons (Fsp3) is 0.778. The van der Waals surface area contributed by atoms with Crippen LogP contribution in [0.2, 0.25) is 0 Å². The average Bonchev–Trinajstić information content (AvgIpc) is 2.11. The van der Waals surface area contributed by atoms with Crippen LogP contribution >= 0.6 is 0 Å². The third-order valence-corrected chi connectivity index (χ3v) is 2.02. The maximum Gasteiger partial charge on any atom is 0.240 e. The van der Waals surface area contributed by atoms with Gasteiger partial charge in [-0.25, -0.2) is 0 Å². The molecule has 0 spiro atoms. The van der Waals surface area contributed by atoms with Gasteiger partial charge >= 0.3 is 0 Å². The number of hydrogen-bond acceptors (Lipinski definition) is 2. The van der Waals surface area contributed by atoms with E-state index in [0.717, 1.165) is 12.8 Å². The van der Waals surface area contributed by atoms with Gasteiger partial charge in [0, 0.05) is 6.54 Å². The molecule has 2 N–H and O–H groups in total. The van der Waals surface area contributed by atoms with Crippen molar-refractivity contribution < 1.29 is 9.59 Å². The van der Waals surface area contributed by atoms with Crippen molar-refractivity contribution in [3.8, 4) is 0 Å². The second kappa shape index (κ2) is 6.46. The van der Waals surface area contributed by atoms with Gasteiger partial charge in [0.15, 0.2) is 0 Å². The van der Waals surface area contributed by atoms with Crippen LogP contribution in [-0.2, 0) is 9.59 Å². The Morgan fingerprint density at radius 2 is 2.15 bits per heavy atom. The first-order chi connectivity index (χ1) is 6.17. The third-order valence-electron chi connectivity index (χ3n) is 2.02. The summed E-state index contributed by atoms with van der Waals surface area (Å²) in [5.41, 5.74) is 5.16. The van der Waals surface area contributed by atoms with Gasteiger partial charge in [0.2, 0.25) is 12.3 Å². The van der Waals surface area contributed by atoms with Crippen LogP contribution in [-0.4, -0.2) is 29.8 Å². The predicted octanol–water partition coefficient (Wildman–Crippen LogP) is 0.509. The van der Waals surface area contributed by atoms with Crippen LogP contribution in [0.1, 0.15) is 33.1 Å². The van der Waals surface area contributed by atoms with E-state index in [-0.39, 0.29) is 0 Å². The zero-order valence-electron chi connectivity index (χ0n) is 8.32. The van der Waals surface area contributed by atoms with E-state index in [2.05, 4.69) is 0 Å². The Labute approximate surface area is 79.1 Å². The zero-order chi connectivity index (χ0) is 10.3. The van der Waals surface area contributed by atoms with Crippen LogP contribution in [0.15, 0.2) is 0 Å². The molecule has 13 heavy (non-hydrogen) atoms. The molecule has 0 aromatic rings. The van der Waals surface area contributed by atoms with E-state index in [9.17, 15) is 9.59 Å². The summed E-state index contributed by atoms with van der Waals surface area (Å²) in [5, 5.41) is 0. The van der Waals surface area contributed by atoms with E-state index < -0.39 is 11.9 Å². The van der Waals surface area contributed by atoms with E-state index >= 15 is 0 Å². The third kappa shape index (κ3) is 3.92. The van der Waals surface area contributed by atoms with Gasteiger partial charge in [-0.15, -0.1) is 0 Å². The van der Waals surface area contributed by atoms with Gasteiger partial charge in [0.1, 0.15) is 6.04 Å². The standard InChI is InChI=1S/C9H18N2O2/c1-3-5-6-11(7-12)8(4-2)9(10)13/h7-8H,3-6H2,1-2H3,(H2,10,13). The van der Waals surface area contributed by atoms with Gasteiger partial charge in [-0.3, -0.25) is 9.59 Å². The Bertz CT molecular complexity index is 171. The monoisotopic (exact) mass is 186 g/mol. The average molecular weight is 186 g/mol. The molecule has 0 aliphatic rings. The number of amides is 2. The predicted molar refractivity (Wildman–Crippen MR) is 51.0 cm³/mol. The molecule has 4 heteroatoms. The summed E-state index contributed by atoms with van der Waals surface area (Å²) in [7, 11) is 0. The molecule has 0 saturated heterocycles. The Hall–Kier alpha value is -1.06. The molecule has 0 aliphatic carbocycles. The van der Waals surface area contributed by atoms with Crippen LogP contribution < -0.4 is 5.73 Å². The van der Waals surface area contributed by atoms with Crippen molar-refractivity contribution in [2.75, 3.05) is 6.54 Å². The van der Waals surface area contributed by atoms with E-state index in [1.54, 1.807) is 0 Å². The first kappa shape index (κ1) is 11.9. The van der Waals surface area contributed by atoms with Crippen molar-refractivity contribution in [3.63, 3.8) is 0 Å². The smallest absolute Gasteiger partial charge is 0.240 e. The van der Waals surface area contributed by atoms with Crippen LogP contribution in [0.4, 0.5) is 0 Å². The summed E-state index contributed by atoms with van der Waals surface area (Å²) in [6, 6.07) is -0.441. The van der Waals surface area contributed by atoms with E-state index in [1.165, 1.54) is 4.90 Å². The molecular formula is C9H18N2O2. The summed E-state index contributed by atoms with van der Waals surface area (Å²) >= 11 is 0. The molecule has 1 unspecified atom stereocenters. The van der Waals surface area contributed by atoms with Gasteiger partial charge < -0.3 is 10.6 Å². The second-order valence-corrected chi connectivity index (χ2v) is 3.02. The first-order valence-electron chi connectivity index (χ1n) is 4.67. The zero-order valence-corrected chi connectivity index (χ0v) is 8.32. The fourth-order valence-electron chi connectivity index (χ4n) is 1.22. The number of carbonyl (C=O) groups excluding carboxylic acids is 2. The van der Waals surface area contributed by atoms with Crippen LogP contribution in [0.25, 0.3) is 0 Å². The van der Waals surface area contributed by atoms with Crippen molar-refractivity contribution in [1.82, 2.24) is 4.90 Å². The summed E-state index contributed by atoms with van der Waals surface area (Å²) in [6.45, 7) is 4.49. The molecule has 1 atom stereocenters. The van der Waals surface area contributed by atoms with Gasteiger partial charge in [-0.1, -0.05) is 20.3 Å². The van der Waals surface area contributed by atoms with E-state index in [1.807, 2.05) is 13.8 Å². The number of rotatable bonds is 7. The molecule has 4 nitrogen and oxygen atoms in total. The number of primary amides is 1. The topological polar surface area (TPSA) is 63.4 Å². The molecule has 0 heterocycles. The first-order valence-corrected chi connectivity index (χ1v) is 4.67. The molecule has 0 aromatic carbocycles. The Balaban J connectivity index is 4.16. The van der Waals surface area contributed by atoms with Gasteiger partial charge in [0.25, 0.3) is 0 Å². The van der Waals surface area contributed by atoms with Crippen molar-refractivity contribution in [3.05, 3.63) is 0 Å². The number of nitrogens with zero attached hydrogens (tertiary/aromatic N) is 1. The number of hydrogen-bond donors (Lipinski definition) is 1. The highest BCUT2D eigenvalue weighted by Crippen LogP contribution is 2.03. The molecule has 0 fully saturated rings. The van der Waals surface area contributed by atoms with Gasteiger partial charge in [0.05, 0.1) is 0 Å². The lowest BCUT2D eigenvalue weighted by Crippen LogP contribution is -2.44. The Morgan fingerprint density at radius 3 is 2.46 bits per heavy atom. The van der Waals surface area contributed by atoms with E-state index in [4.69, 9.17) is 5.73 Å². The normalized spacial score (nSPS) is 12.2. The second-order valence-electron chi connectivity index (χ2n) is 3.02. The molecule has 0 aromatic heterocycles. The maximum atomic E-state index is 10.9. The van der Waals surface area contributed by atoms with Crippen molar-refractivity contribution in [1.29, 1.82) is 0 Å². The maximum absolute atomic E-state index is 10.9. The van der Waals surface area contributed by atoms with Crippen LogP contribution in [0, 0.1) is 0 Å². The minimum Gasteiger partial charge on any atom is -0.368 e. The Kier molecular flexibility index (Phi) is 5.93. The summed E-state index contributed by atoms with van der Waals surface area (Å²) < 4.78 is 0. The lowest BCUT2D eigenvalue weighted by Gasteiger charge is -2.24. The molecule has 0 rings (SSSR count). The molecule has 0 aliphatic heterocycles. The number of carbonyl (C=O) groups is 2. The highest BCUT2D eigenvalue weighted by molar-refractivity contribution is 5.81. The lowest BCUT2D eigenvalue weighted by atomic mass is 10.2. The largest absolute Gasteiger partial charge is 0.368 e. The molecule has 76 valence electrons. The van der Waals surface area contributed by atoms with Crippen molar-refractivity contribution >= 4 is 12.3 Å². The van der Waals surface area contributed by atoms with Crippen molar-refractivity contribution in [2.24, 2.45) is 5.73 Å². The summed E-state index contributed by atoms with van der Waals surface area (Å²) in [4.78, 5) is 23.0. The number of unbranched alkanes of at least 4 members (excludes halogenated alkanes) is 1. The fourth-order valence-corrected chi connectivity index (χ4v) is 1.22. The quantitative estimate of drug-likeness (QED) is 0.589. The van der Waals surface area contributed by atoms with Crippen LogP contribution in [0.5, 0.6) is 0 Å². The van der Waals surface area contributed by atoms with Gasteiger partial charge in [-0.05, 0) is 12.8 Å². The summed E-state index contributed by atoms with van der Waals surface area (Å²) in [5.74, 6) is -0.425. The van der Waals surface area contributed by atoms with Crippen molar-refractivity contribution in [2.45, 2.75) is 39.2 Å². The molecule has 2 amide bonds. The Morgan fingerprint density at radius 1 is 1.54 bits per heavy atom. The SMILES string of the molecule is CCCCN(C=O)C(CC)C(N)=O. The van der Waals surface area contributed by atoms with E-state index in [0.29, 0.717) is 19.4 Å².